The molecule has 7 heteroatoms. The van der Waals surface area contributed by atoms with E-state index >= 15 is 0 Å². The van der Waals surface area contributed by atoms with Crippen LogP contribution in [0.25, 0.3) is 0 Å². The third kappa shape index (κ3) is 8.50. The van der Waals surface area contributed by atoms with Crippen molar-refractivity contribution in [2.24, 2.45) is 5.73 Å². The van der Waals surface area contributed by atoms with E-state index < -0.39 is 0 Å². The van der Waals surface area contributed by atoms with Crippen LogP contribution in [-0.2, 0) is 4.79 Å². The van der Waals surface area contributed by atoms with E-state index in [-0.39, 0.29) is 36.8 Å². The quantitative estimate of drug-likeness (QED) is 0.721. The van der Waals surface area contributed by atoms with Gasteiger partial charge in [0.1, 0.15) is 0 Å². The number of nitrogens with zero attached hydrogens (tertiary/aromatic N) is 2. The zero-order valence-electron chi connectivity index (χ0n) is 13.4. The summed E-state index contributed by atoms with van der Waals surface area (Å²) >= 11 is 1.74. The molecule has 0 bridgehead atoms. The summed E-state index contributed by atoms with van der Waals surface area (Å²) in [5.74, 6) is 1.02. The fourth-order valence-corrected chi connectivity index (χ4v) is 3.09. The molecule has 0 aliphatic heterocycles. The maximum Gasteiger partial charge on any atom is 0.239 e. The Kier molecular flexibility index (Phi) is 14.4. The zero-order chi connectivity index (χ0) is 14.3. The monoisotopic (exact) mass is 359 g/mol. The number of thioether (sulfide) groups is 1. The van der Waals surface area contributed by atoms with E-state index in [0.717, 1.165) is 25.3 Å². The lowest BCUT2D eigenvalue weighted by molar-refractivity contribution is -0.131. The molecule has 2 N–H and O–H groups in total. The van der Waals surface area contributed by atoms with E-state index in [1.807, 2.05) is 13.3 Å². The van der Waals surface area contributed by atoms with Gasteiger partial charge in [-0.05, 0) is 38.3 Å². The normalized spacial score (nSPS) is 16.2. The predicted molar refractivity (Wildman–Crippen MR) is 98.0 cm³/mol. The van der Waals surface area contributed by atoms with Crippen LogP contribution < -0.4 is 5.73 Å². The van der Waals surface area contributed by atoms with Crippen LogP contribution in [0.15, 0.2) is 0 Å². The number of hydrogen-bond acceptors (Lipinski definition) is 4. The van der Waals surface area contributed by atoms with Crippen LogP contribution >= 0.6 is 36.6 Å². The minimum Gasteiger partial charge on any atom is -0.343 e. The molecule has 0 heterocycles. The topological polar surface area (TPSA) is 49.6 Å². The summed E-state index contributed by atoms with van der Waals surface area (Å²) in [5, 5.41) is 0. The van der Waals surface area contributed by atoms with Gasteiger partial charge in [0.25, 0.3) is 0 Å². The van der Waals surface area contributed by atoms with Gasteiger partial charge in [0.2, 0.25) is 5.91 Å². The summed E-state index contributed by atoms with van der Waals surface area (Å²) in [7, 11) is 4.03. The molecule has 0 spiro atoms. The summed E-state index contributed by atoms with van der Waals surface area (Å²) in [4.78, 5) is 16.2. The van der Waals surface area contributed by atoms with Crippen molar-refractivity contribution in [3.63, 3.8) is 0 Å². The van der Waals surface area contributed by atoms with Gasteiger partial charge in [0.05, 0.1) is 6.04 Å². The standard InChI is InChI=1S/C14H29N3OS.2ClH/c1-16(12-6-4-5-7-12)9-10-17(2)14(18)13(15)8-11-19-3;;/h12-13H,4-11,15H2,1-3H3;2*1H/t13-;;/m0../s1. The first-order valence-electron chi connectivity index (χ1n) is 7.26. The van der Waals surface area contributed by atoms with Crippen molar-refractivity contribution >= 4 is 42.5 Å². The molecule has 21 heavy (non-hydrogen) atoms. The minimum atomic E-state index is -0.339. The lowest BCUT2D eigenvalue weighted by Crippen LogP contribution is -2.45. The van der Waals surface area contributed by atoms with Gasteiger partial charge in [-0.15, -0.1) is 24.8 Å². The van der Waals surface area contributed by atoms with Crippen molar-refractivity contribution in [2.45, 2.75) is 44.2 Å². The van der Waals surface area contributed by atoms with Crippen LogP contribution in [0.1, 0.15) is 32.1 Å². The molecule has 128 valence electrons. The second kappa shape index (κ2) is 12.8. The molecule has 1 atom stereocenters. The Bertz CT molecular complexity index is 279. The third-order valence-electron chi connectivity index (χ3n) is 4.06. The highest BCUT2D eigenvalue weighted by molar-refractivity contribution is 7.98. The lowest BCUT2D eigenvalue weighted by Gasteiger charge is -2.28. The van der Waals surface area contributed by atoms with Crippen molar-refractivity contribution in [3.8, 4) is 0 Å². The molecule has 1 amide bonds. The molecule has 1 rings (SSSR count). The maximum absolute atomic E-state index is 12.1. The highest BCUT2D eigenvalue weighted by atomic mass is 35.5. The molecule has 1 fully saturated rings. The Morgan fingerprint density at radius 1 is 1.24 bits per heavy atom. The second-order valence-electron chi connectivity index (χ2n) is 5.57. The first-order chi connectivity index (χ1) is 9.06. The van der Waals surface area contributed by atoms with E-state index in [9.17, 15) is 4.79 Å². The summed E-state index contributed by atoms with van der Waals surface area (Å²) < 4.78 is 0. The van der Waals surface area contributed by atoms with Crippen molar-refractivity contribution in [1.82, 2.24) is 9.80 Å². The number of carbonyl (C=O) groups excluding carboxylic acids is 1. The number of hydrogen-bond donors (Lipinski definition) is 1. The van der Waals surface area contributed by atoms with Crippen LogP contribution in [0.4, 0.5) is 0 Å². The molecule has 0 aromatic heterocycles. The number of likely N-dealkylation sites (N-methyl/N-ethyl adjacent to an activating group) is 2. The predicted octanol–water partition coefficient (Wildman–Crippen LogP) is 2.24. The van der Waals surface area contributed by atoms with Gasteiger partial charge in [0.15, 0.2) is 0 Å². The first-order valence-corrected chi connectivity index (χ1v) is 8.65. The van der Waals surface area contributed by atoms with E-state index in [0.29, 0.717) is 6.04 Å². The molecule has 0 unspecified atom stereocenters. The van der Waals surface area contributed by atoms with Crippen molar-refractivity contribution in [1.29, 1.82) is 0 Å². The van der Waals surface area contributed by atoms with Crippen LogP contribution in [-0.4, -0.2) is 67.0 Å². The minimum absolute atomic E-state index is 0. The van der Waals surface area contributed by atoms with E-state index in [1.165, 1.54) is 25.7 Å². The van der Waals surface area contributed by atoms with Crippen LogP contribution in [0.5, 0.6) is 0 Å². The Balaban J connectivity index is 0. The number of halogens is 2. The zero-order valence-corrected chi connectivity index (χ0v) is 15.9. The van der Waals surface area contributed by atoms with Crippen molar-refractivity contribution in [3.05, 3.63) is 0 Å². The van der Waals surface area contributed by atoms with Gasteiger partial charge in [-0.3, -0.25) is 4.79 Å². The van der Waals surface area contributed by atoms with E-state index in [4.69, 9.17) is 5.73 Å². The van der Waals surface area contributed by atoms with Crippen LogP contribution in [0.2, 0.25) is 0 Å². The largest absolute Gasteiger partial charge is 0.343 e. The van der Waals surface area contributed by atoms with Gasteiger partial charge in [-0.1, -0.05) is 12.8 Å². The van der Waals surface area contributed by atoms with Crippen LogP contribution in [0.3, 0.4) is 0 Å². The van der Waals surface area contributed by atoms with Gasteiger partial charge in [0, 0.05) is 26.2 Å². The van der Waals surface area contributed by atoms with Gasteiger partial charge in [-0.25, -0.2) is 0 Å². The molecular weight excluding hydrogens is 329 g/mol. The van der Waals surface area contributed by atoms with Crippen molar-refractivity contribution < 1.29 is 4.79 Å². The average Bonchev–Trinajstić information content (AvgIpc) is 2.94. The molecule has 1 aliphatic rings. The molecule has 1 aliphatic carbocycles. The Labute approximate surface area is 146 Å². The Hall–Kier alpha value is 0.320. The molecule has 4 nitrogen and oxygen atoms in total. The molecular formula is C14H31Cl2N3OS. The Morgan fingerprint density at radius 3 is 2.33 bits per heavy atom. The highest BCUT2D eigenvalue weighted by Crippen LogP contribution is 2.21. The molecule has 0 aromatic carbocycles. The number of amides is 1. The summed E-state index contributed by atoms with van der Waals surface area (Å²) in [5.41, 5.74) is 5.91. The van der Waals surface area contributed by atoms with Crippen LogP contribution in [0, 0.1) is 0 Å². The van der Waals surface area contributed by atoms with Gasteiger partial charge in [-0.2, -0.15) is 11.8 Å². The molecule has 0 aromatic rings. The highest BCUT2D eigenvalue weighted by Gasteiger charge is 2.21. The van der Waals surface area contributed by atoms with Crippen molar-refractivity contribution in [2.75, 3.05) is 39.2 Å². The Morgan fingerprint density at radius 2 is 1.81 bits per heavy atom. The first kappa shape index (κ1) is 23.6. The van der Waals surface area contributed by atoms with Gasteiger partial charge < -0.3 is 15.5 Å². The summed E-state index contributed by atoms with van der Waals surface area (Å²) in [6, 6.07) is 0.378. The number of rotatable bonds is 8. The number of nitrogens with two attached hydrogens (primary N) is 1. The van der Waals surface area contributed by atoms with E-state index in [1.54, 1.807) is 16.7 Å². The lowest BCUT2D eigenvalue weighted by atomic mass is 10.2. The molecule has 0 radical (unpaired) electrons. The fourth-order valence-electron chi connectivity index (χ4n) is 2.60. The second-order valence-corrected chi connectivity index (χ2v) is 6.55. The third-order valence-corrected chi connectivity index (χ3v) is 4.71. The fraction of sp³-hybridized carbons (Fsp3) is 0.929. The molecule has 0 saturated heterocycles. The summed E-state index contributed by atoms with van der Waals surface area (Å²) in [6.45, 7) is 1.72. The number of carbonyl (C=O) groups is 1. The molecule has 1 saturated carbocycles. The SMILES string of the molecule is CSCC[C@H](N)C(=O)N(C)CCN(C)C1CCCC1.Cl.Cl. The van der Waals surface area contributed by atoms with Gasteiger partial charge >= 0.3 is 0 Å². The summed E-state index contributed by atoms with van der Waals surface area (Å²) in [6.07, 6.45) is 8.12. The smallest absolute Gasteiger partial charge is 0.239 e. The average molecular weight is 360 g/mol. The van der Waals surface area contributed by atoms with E-state index in [2.05, 4.69) is 11.9 Å². The maximum atomic E-state index is 12.1.